The monoisotopic (exact) mass is 467 g/mol. The lowest BCUT2D eigenvalue weighted by Crippen LogP contribution is -2.47. The van der Waals surface area contributed by atoms with E-state index in [0.717, 1.165) is 0 Å². The van der Waals surface area contributed by atoms with E-state index < -0.39 is 15.9 Å². The summed E-state index contributed by atoms with van der Waals surface area (Å²) in [5, 5.41) is 0. The number of ether oxygens (including phenoxy) is 1. The van der Waals surface area contributed by atoms with Crippen molar-refractivity contribution in [3.8, 4) is 0 Å². The molecule has 0 bridgehead atoms. The first-order valence-electron chi connectivity index (χ1n) is 11.0. The normalized spacial score (nSPS) is 16.7. The van der Waals surface area contributed by atoms with Gasteiger partial charge in [-0.1, -0.05) is 19.9 Å². The number of piperidine rings is 1. The summed E-state index contributed by atoms with van der Waals surface area (Å²) in [4.78, 5) is 40.5. The number of hydrogen-bond donors (Lipinski definition) is 0. The molecule has 10 heteroatoms. The van der Waals surface area contributed by atoms with E-state index in [1.165, 1.54) is 40.5 Å². The summed E-state index contributed by atoms with van der Waals surface area (Å²) in [5.74, 6) is -1.37. The zero-order valence-corrected chi connectivity index (χ0v) is 20.1. The van der Waals surface area contributed by atoms with Crippen molar-refractivity contribution in [2.24, 2.45) is 5.92 Å². The van der Waals surface area contributed by atoms with Crippen LogP contribution in [-0.4, -0.2) is 86.7 Å². The van der Waals surface area contributed by atoms with E-state index in [9.17, 15) is 22.8 Å². The molecule has 0 spiro atoms. The Labute approximate surface area is 190 Å². The van der Waals surface area contributed by atoms with Crippen molar-refractivity contribution in [3.63, 3.8) is 0 Å². The summed E-state index contributed by atoms with van der Waals surface area (Å²) in [6, 6.07) is 5.85. The minimum Gasteiger partial charge on any atom is -0.466 e. The van der Waals surface area contributed by atoms with Gasteiger partial charge in [0.25, 0.3) is 5.91 Å². The van der Waals surface area contributed by atoms with Gasteiger partial charge >= 0.3 is 5.97 Å². The number of likely N-dealkylation sites (tertiary alicyclic amines) is 1. The van der Waals surface area contributed by atoms with E-state index in [0.29, 0.717) is 39.1 Å². The Morgan fingerprint density at radius 2 is 1.84 bits per heavy atom. The molecule has 1 heterocycles. The van der Waals surface area contributed by atoms with Gasteiger partial charge in [0.2, 0.25) is 15.9 Å². The summed E-state index contributed by atoms with van der Waals surface area (Å²) < 4.78 is 31.9. The van der Waals surface area contributed by atoms with Gasteiger partial charge < -0.3 is 14.5 Å². The molecule has 2 amide bonds. The first kappa shape index (κ1) is 25.8. The van der Waals surface area contributed by atoms with Crippen LogP contribution in [0.3, 0.4) is 0 Å². The van der Waals surface area contributed by atoms with Crippen LogP contribution in [0.5, 0.6) is 0 Å². The van der Waals surface area contributed by atoms with Crippen molar-refractivity contribution in [3.05, 3.63) is 29.8 Å². The van der Waals surface area contributed by atoms with Crippen LogP contribution < -0.4 is 0 Å². The molecular weight excluding hydrogens is 434 g/mol. The zero-order valence-electron chi connectivity index (χ0n) is 19.2. The van der Waals surface area contributed by atoms with Crippen molar-refractivity contribution in [1.82, 2.24) is 14.1 Å². The third-order valence-electron chi connectivity index (χ3n) is 5.54. The smallest absolute Gasteiger partial charge is 0.310 e. The summed E-state index contributed by atoms with van der Waals surface area (Å²) in [6.07, 6.45) is 1.36. The third-order valence-corrected chi connectivity index (χ3v) is 7.58. The fraction of sp³-hybridized carbons (Fsp3) is 0.591. The van der Waals surface area contributed by atoms with Crippen LogP contribution >= 0.6 is 0 Å². The zero-order chi connectivity index (χ0) is 23.9. The average Bonchev–Trinajstić information content (AvgIpc) is 2.79. The average molecular weight is 468 g/mol. The Bertz CT molecular complexity index is 929. The number of amides is 2. The largest absolute Gasteiger partial charge is 0.466 e. The van der Waals surface area contributed by atoms with Crippen LogP contribution in [0.4, 0.5) is 0 Å². The molecule has 32 heavy (non-hydrogen) atoms. The van der Waals surface area contributed by atoms with Gasteiger partial charge in [-0.15, -0.1) is 0 Å². The van der Waals surface area contributed by atoms with E-state index in [2.05, 4.69) is 0 Å². The Morgan fingerprint density at radius 1 is 1.16 bits per heavy atom. The third kappa shape index (κ3) is 6.07. The molecule has 1 aliphatic heterocycles. The highest BCUT2D eigenvalue weighted by Crippen LogP contribution is 2.20. The van der Waals surface area contributed by atoms with Crippen molar-refractivity contribution in [2.45, 2.75) is 38.5 Å². The van der Waals surface area contributed by atoms with Gasteiger partial charge in [-0.25, -0.2) is 8.42 Å². The molecular formula is C22H33N3O6S. The topological polar surface area (TPSA) is 104 Å². The standard InChI is InChI=1S/C22H33N3O6S/c1-5-25(6-2)32(29,30)19-12-8-10-17(14-19)21(27)23(4)16-20(26)24-13-9-11-18(15-24)22(28)31-7-3/h8,10,12,14,18H,5-7,9,11,13,15-16H2,1-4H3/t18-/m0/s1. The fourth-order valence-corrected chi connectivity index (χ4v) is 5.26. The summed E-state index contributed by atoms with van der Waals surface area (Å²) in [5.41, 5.74) is 0.191. The SMILES string of the molecule is CCOC(=O)[C@H]1CCCN(C(=O)CN(C)C(=O)c2cccc(S(=O)(=O)N(CC)CC)c2)C1. The van der Waals surface area contributed by atoms with Gasteiger partial charge in [-0.2, -0.15) is 4.31 Å². The highest BCUT2D eigenvalue weighted by atomic mass is 32.2. The molecule has 1 aromatic rings. The molecule has 0 N–H and O–H groups in total. The van der Waals surface area contributed by atoms with Crippen molar-refractivity contribution < 1.29 is 27.5 Å². The molecule has 0 saturated carbocycles. The van der Waals surface area contributed by atoms with Crippen LogP contribution in [0.15, 0.2) is 29.2 Å². The van der Waals surface area contributed by atoms with Gasteiger partial charge in [-0.05, 0) is 38.0 Å². The summed E-state index contributed by atoms with van der Waals surface area (Å²) in [7, 11) is -2.20. The minimum absolute atomic E-state index is 0.0417. The lowest BCUT2D eigenvalue weighted by atomic mass is 9.98. The van der Waals surface area contributed by atoms with Crippen molar-refractivity contribution >= 4 is 27.8 Å². The van der Waals surface area contributed by atoms with Crippen LogP contribution in [-0.2, 0) is 24.3 Å². The molecule has 1 aromatic carbocycles. The van der Waals surface area contributed by atoms with Gasteiger partial charge in [0, 0.05) is 38.8 Å². The number of nitrogens with zero attached hydrogens (tertiary/aromatic N) is 3. The number of rotatable bonds is 9. The Morgan fingerprint density at radius 3 is 2.47 bits per heavy atom. The maximum absolute atomic E-state index is 12.9. The minimum atomic E-state index is -3.70. The predicted molar refractivity (Wildman–Crippen MR) is 119 cm³/mol. The van der Waals surface area contributed by atoms with E-state index >= 15 is 0 Å². The molecule has 9 nitrogen and oxygen atoms in total. The Balaban J connectivity index is 2.08. The van der Waals surface area contributed by atoms with Crippen LogP contribution in [0.2, 0.25) is 0 Å². The molecule has 2 rings (SSSR count). The lowest BCUT2D eigenvalue weighted by Gasteiger charge is -2.32. The Kier molecular flexibility index (Phi) is 9.21. The van der Waals surface area contributed by atoms with Gasteiger partial charge in [0.15, 0.2) is 0 Å². The fourth-order valence-electron chi connectivity index (χ4n) is 3.75. The van der Waals surface area contributed by atoms with E-state index in [-0.39, 0.29) is 41.3 Å². The van der Waals surface area contributed by atoms with E-state index in [1.807, 2.05) is 0 Å². The number of carbonyl (C=O) groups is 3. The number of likely N-dealkylation sites (N-methyl/N-ethyl adjacent to an activating group) is 1. The molecule has 1 aliphatic rings. The molecule has 1 atom stereocenters. The molecule has 0 aromatic heterocycles. The van der Waals surface area contributed by atoms with Gasteiger partial charge in [0.1, 0.15) is 0 Å². The highest BCUT2D eigenvalue weighted by Gasteiger charge is 2.30. The molecule has 0 unspecified atom stereocenters. The first-order valence-corrected chi connectivity index (χ1v) is 12.4. The highest BCUT2D eigenvalue weighted by molar-refractivity contribution is 7.89. The molecule has 1 saturated heterocycles. The van der Waals surface area contributed by atoms with Crippen LogP contribution in [0.25, 0.3) is 0 Å². The lowest BCUT2D eigenvalue weighted by molar-refractivity contribution is -0.151. The van der Waals surface area contributed by atoms with E-state index in [4.69, 9.17) is 4.74 Å². The van der Waals surface area contributed by atoms with Crippen molar-refractivity contribution in [1.29, 1.82) is 0 Å². The first-order chi connectivity index (χ1) is 15.1. The molecule has 0 radical (unpaired) electrons. The van der Waals surface area contributed by atoms with Crippen LogP contribution in [0, 0.1) is 5.92 Å². The second-order valence-electron chi connectivity index (χ2n) is 7.71. The second kappa shape index (κ2) is 11.4. The Hall–Kier alpha value is -2.46. The second-order valence-corrected chi connectivity index (χ2v) is 9.65. The summed E-state index contributed by atoms with van der Waals surface area (Å²) >= 11 is 0. The summed E-state index contributed by atoms with van der Waals surface area (Å²) in [6.45, 7) is 6.83. The van der Waals surface area contributed by atoms with Crippen LogP contribution in [0.1, 0.15) is 44.0 Å². The molecule has 1 fully saturated rings. The number of benzene rings is 1. The van der Waals surface area contributed by atoms with Crippen molar-refractivity contribution in [2.75, 3.05) is 46.4 Å². The number of esters is 1. The predicted octanol–water partition coefficient (Wildman–Crippen LogP) is 1.59. The number of carbonyl (C=O) groups excluding carboxylic acids is 3. The quantitative estimate of drug-likeness (QED) is 0.511. The molecule has 0 aliphatic carbocycles. The number of hydrogen-bond acceptors (Lipinski definition) is 6. The molecule has 178 valence electrons. The maximum atomic E-state index is 12.9. The number of sulfonamides is 1. The van der Waals surface area contributed by atoms with E-state index in [1.54, 1.807) is 25.7 Å². The van der Waals surface area contributed by atoms with Gasteiger partial charge in [0.05, 0.1) is 24.0 Å². The maximum Gasteiger partial charge on any atom is 0.310 e. The van der Waals surface area contributed by atoms with Gasteiger partial charge in [-0.3, -0.25) is 14.4 Å².